The maximum atomic E-state index is 13.0. The van der Waals surface area contributed by atoms with E-state index < -0.39 is 17.7 Å². The topological polar surface area (TPSA) is 51.2 Å². The van der Waals surface area contributed by atoms with E-state index in [4.69, 9.17) is 10.3 Å². The molecule has 0 saturated carbocycles. The molecule has 1 heterocycles. The van der Waals surface area contributed by atoms with Gasteiger partial charge in [-0.05, 0) is 23.8 Å². The number of halogens is 2. The molecule has 84 valence electrons. The average Bonchev–Trinajstić information content (AvgIpc) is 2.70. The Morgan fingerprint density at radius 3 is 2.31 bits per heavy atom. The van der Waals surface area contributed by atoms with Crippen molar-refractivity contribution in [3.8, 4) is 0 Å². The molecule has 0 spiro atoms. The Balaban J connectivity index is 2.41. The van der Waals surface area contributed by atoms with Crippen LogP contribution in [0.1, 0.15) is 17.2 Å². The van der Waals surface area contributed by atoms with Gasteiger partial charge in [-0.2, -0.15) is 0 Å². The molecule has 0 bridgehead atoms. The van der Waals surface area contributed by atoms with E-state index in [0.29, 0.717) is 11.1 Å². The summed E-state index contributed by atoms with van der Waals surface area (Å²) in [6.07, 6.45) is 2.93. The Kier molecular flexibility index (Phi) is 2.98. The first kappa shape index (κ1) is 10.8. The number of rotatable bonds is 3. The summed E-state index contributed by atoms with van der Waals surface area (Å²) in [7, 11) is 0. The second kappa shape index (κ2) is 4.42. The lowest BCUT2D eigenvalue weighted by molar-refractivity contribution is 0.546. The Bertz CT molecular complexity index is 451. The quantitative estimate of drug-likeness (QED) is 0.620. The van der Waals surface area contributed by atoms with Crippen molar-refractivity contribution in [2.45, 2.75) is 6.04 Å². The lowest BCUT2D eigenvalue weighted by Gasteiger charge is -2.14. The largest absolute Gasteiger partial charge is 0.472 e. The molecular weight excluding hydrogens is 214 g/mol. The Morgan fingerprint density at radius 2 is 1.81 bits per heavy atom. The zero-order valence-electron chi connectivity index (χ0n) is 8.28. The highest BCUT2D eigenvalue weighted by molar-refractivity contribution is 5.30. The Hall–Kier alpha value is -1.72. The van der Waals surface area contributed by atoms with Crippen LogP contribution in [0.25, 0.3) is 0 Å². The molecule has 5 heteroatoms. The zero-order valence-corrected chi connectivity index (χ0v) is 8.28. The van der Waals surface area contributed by atoms with E-state index in [0.717, 1.165) is 6.07 Å². The van der Waals surface area contributed by atoms with E-state index in [2.05, 4.69) is 5.43 Å². The number of furan rings is 1. The fourth-order valence-electron chi connectivity index (χ4n) is 1.57. The first-order valence-corrected chi connectivity index (χ1v) is 4.65. The normalized spacial score (nSPS) is 12.7. The van der Waals surface area contributed by atoms with Crippen molar-refractivity contribution in [1.82, 2.24) is 5.43 Å². The third kappa shape index (κ3) is 2.10. The summed E-state index contributed by atoms with van der Waals surface area (Å²) >= 11 is 0. The van der Waals surface area contributed by atoms with Crippen molar-refractivity contribution in [3.63, 3.8) is 0 Å². The van der Waals surface area contributed by atoms with Crippen LogP contribution >= 0.6 is 0 Å². The molecule has 16 heavy (non-hydrogen) atoms. The van der Waals surface area contributed by atoms with Gasteiger partial charge in [-0.25, -0.2) is 14.2 Å². The van der Waals surface area contributed by atoms with Gasteiger partial charge in [0.05, 0.1) is 18.6 Å². The molecule has 0 radical (unpaired) electrons. The predicted octanol–water partition coefficient (Wildman–Crippen LogP) is 2.11. The van der Waals surface area contributed by atoms with E-state index in [1.165, 1.54) is 24.7 Å². The molecule has 1 aromatic heterocycles. The highest BCUT2D eigenvalue weighted by Crippen LogP contribution is 2.23. The van der Waals surface area contributed by atoms with Gasteiger partial charge >= 0.3 is 0 Å². The Morgan fingerprint density at radius 1 is 1.12 bits per heavy atom. The zero-order chi connectivity index (χ0) is 11.5. The predicted molar refractivity (Wildman–Crippen MR) is 54.2 cm³/mol. The summed E-state index contributed by atoms with van der Waals surface area (Å²) in [5.74, 6) is 4.08. The first-order chi connectivity index (χ1) is 7.70. The summed E-state index contributed by atoms with van der Waals surface area (Å²) in [5, 5.41) is 0. The van der Waals surface area contributed by atoms with Crippen LogP contribution in [0.2, 0.25) is 0 Å². The van der Waals surface area contributed by atoms with E-state index >= 15 is 0 Å². The van der Waals surface area contributed by atoms with Crippen molar-refractivity contribution in [1.29, 1.82) is 0 Å². The molecule has 1 unspecified atom stereocenters. The maximum absolute atomic E-state index is 13.0. The van der Waals surface area contributed by atoms with Crippen molar-refractivity contribution < 1.29 is 13.2 Å². The third-order valence-electron chi connectivity index (χ3n) is 2.26. The molecule has 0 aliphatic heterocycles. The van der Waals surface area contributed by atoms with Gasteiger partial charge in [0.2, 0.25) is 0 Å². The molecule has 1 aromatic carbocycles. The molecule has 3 nitrogen and oxygen atoms in total. The number of nitrogens with two attached hydrogens (primary N) is 1. The van der Waals surface area contributed by atoms with Gasteiger partial charge in [-0.3, -0.25) is 5.84 Å². The van der Waals surface area contributed by atoms with Crippen LogP contribution in [0, 0.1) is 11.6 Å². The second-order valence-electron chi connectivity index (χ2n) is 3.36. The van der Waals surface area contributed by atoms with Crippen molar-refractivity contribution in [2.24, 2.45) is 5.84 Å². The highest BCUT2D eigenvalue weighted by atomic mass is 19.1. The molecule has 0 fully saturated rings. The fraction of sp³-hybridized carbons (Fsp3) is 0.0909. The molecule has 1 atom stereocenters. The van der Waals surface area contributed by atoms with Gasteiger partial charge in [-0.15, -0.1) is 0 Å². The standard InChI is InChI=1S/C11H10F2N2O/c12-9-3-8(4-10(13)5-9)11(15-14)7-1-2-16-6-7/h1-6,11,15H,14H2. The van der Waals surface area contributed by atoms with Crippen LogP contribution in [-0.4, -0.2) is 0 Å². The molecule has 0 aliphatic carbocycles. The fourth-order valence-corrected chi connectivity index (χ4v) is 1.57. The van der Waals surface area contributed by atoms with Gasteiger partial charge in [0, 0.05) is 11.6 Å². The van der Waals surface area contributed by atoms with Crippen LogP contribution in [0.3, 0.4) is 0 Å². The summed E-state index contributed by atoms with van der Waals surface area (Å²) in [6.45, 7) is 0. The maximum Gasteiger partial charge on any atom is 0.126 e. The minimum absolute atomic E-state index is 0.404. The SMILES string of the molecule is NNC(c1ccoc1)c1cc(F)cc(F)c1. The molecule has 3 N–H and O–H groups in total. The lowest BCUT2D eigenvalue weighted by Crippen LogP contribution is -2.28. The number of nitrogens with one attached hydrogen (secondary N) is 1. The van der Waals surface area contributed by atoms with E-state index in [1.54, 1.807) is 6.07 Å². The van der Waals surface area contributed by atoms with Gasteiger partial charge in [-0.1, -0.05) is 0 Å². The van der Waals surface area contributed by atoms with Crippen LogP contribution in [0.15, 0.2) is 41.2 Å². The first-order valence-electron chi connectivity index (χ1n) is 4.65. The van der Waals surface area contributed by atoms with Gasteiger partial charge in [0.25, 0.3) is 0 Å². The van der Waals surface area contributed by atoms with E-state index in [9.17, 15) is 8.78 Å². The molecule has 2 aromatic rings. The van der Waals surface area contributed by atoms with E-state index in [1.807, 2.05) is 0 Å². The van der Waals surface area contributed by atoms with Crippen LogP contribution in [0.4, 0.5) is 8.78 Å². The lowest BCUT2D eigenvalue weighted by atomic mass is 10.0. The smallest absolute Gasteiger partial charge is 0.126 e. The van der Waals surface area contributed by atoms with E-state index in [-0.39, 0.29) is 0 Å². The van der Waals surface area contributed by atoms with Gasteiger partial charge in [0.15, 0.2) is 0 Å². The number of benzene rings is 1. The monoisotopic (exact) mass is 224 g/mol. The van der Waals surface area contributed by atoms with Crippen LogP contribution in [0.5, 0.6) is 0 Å². The summed E-state index contributed by atoms with van der Waals surface area (Å²) in [4.78, 5) is 0. The second-order valence-corrected chi connectivity index (χ2v) is 3.36. The average molecular weight is 224 g/mol. The van der Waals surface area contributed by atoms with Crippen molar-refractivity contribution in [2.75, 3.05) is 0 Å². The number of hydrogen-bond donors (Lipinski definition) is 2. The molecular formula is C11H10F2N2O. The van der Waals surface area contributed by atoms with Gasteiger partial charge in [0.1, 0.15) is 11.6 Å². The summed E-state index contributed by atoms with van der Waals surface area (Å²) in [5.41, 5.74) is 3.59. The van der Waals surface area contributed by atoms with Crippen LogP contribution in [-0.2, 0) is 0 Å². The minimum atomic E-state index is -0.640. The van der Waals surface area contributed by atoms with Crippen molar-refractivity contribution in [3.05, 3.63) is 59.6 Å². The molecule has 0 saturated heterocycles. The Labute approximate surface area is 90.8 Å². The minimum Gasteiger partial charge on any atom is -0.472 e. The number of hydrazine groups is 1. The molecule has 2 rings (SSSR count). The third-order valence-corrected chi connectivity index (χ3v) is 2.26. The van der Waals surface area contributed by atoms with Crippen LogP contribution < -0.4 is 11.3 Å². The van der Waals surface area contributed by atoms with Gasteiger partial charge < -0.3 is 4.42 Å². The molecule has 0 aliphatic rings. The molecule has 0 amide bonds. The number of hydrogen-bond acceptors (Lipinski definition) is 3. The summed E-state index contributed by atoms with van der Waals surface area (Å²) < 4.78 is 31.0. The highest BCUT2D eigenvalue weighted by Gasteiger charge is 2.15. The summed E-state index contributed by atoms with van der Waals surface area (Å²) in [6, 6.07) is 4.44. The van der Waals surface area contributed by atoms with Crippen molar-refractivity contribution >= 4 is 0 Å².